The van der Waals surface area contributed by atoms with Crippen molar-refractivity contribution in [1.82, 2.24) is 15.1 Å². The van der Waals surface area contributed by atoms with Crippen molar-refractivity contribution in [3.05, 3.63) is 17.5 Å². The Morgan fingerprint density at radius 2 is 2.19 bits per heavy atom. The lowest BCUT2D eigenvalue weighted by Crippen LogP contribution is -2.29. The fourth-order valence-corrected chi connectivity index (χ4v) is 1.55. The van der Waals surface area contributed by atoms with Crippen LogP contribution in [0.5, 0.6) is 0 Å². The van der Waals surface area contributed by atoms with Gasteiger partial charge in [-0.15, -0.1) is 0 Å². The summed E-state index contributed by atoms with van der Waals surface area (Å²) in [5.41, 5.74) is 2.22. The van der Waals surface area contributed by atoms with E-state index in [0.29, 0.717) is 0 Å². The zero-order chi connectivity index (χ0) is 12.1. The maximum Gasteiger partial charge on any atom is 0.222 e. The van der Waals surface area contributed by atoms with Gasteiger partial charge in [-0.2, -0.15) is 5.10 Å². The Morgan fingerprint density at radius 1 is 1.50 bits per heavy atom. The first-order valence-electron chi connectivity index (χ1n) is 5.79. The molecule has 1 rings (SSSR count). The predicted octanol–water partition coefficient (Wildman–Crippen LogP) is 1.66. The Balaban J connectivity index is 2.26. The summed E-state index contributed by atoms with van der Waals surface area (Å²) in [5, 5.41) is 7.26. The lowest BCUT2D eigenvalue weighted by Gasteiger charge is -2.08. The summed E-state index contributed by atoms with van der Waals surface area (Å²) in [6, 6.07) is 2.06. The Morgan fingerprint density at radius 3 is 2.69 bits per heavy atom. The predicted molar refractivity (Wildman–Crippen MR) is 64.2 cm³/mol. The summed E-state index contributed by atoms with van der Waals surface area (Å²) in [7, 11) is 0. The first kappa shape index (κ1) is 12.7. The van der Waals surface area contributed by atoms with Gasteiger partial charge in [0.1, 0.15) is 0 Å². The normalized spacial score (nSPS) is 10.8. The second-order valence-corrected chi connectivity index (χ2v) is 4.45. The number of amides is 1. The molecule has 1 heterocycles. The molecule has 1 N–H and O–H groups in total. The monoisotopic (exact) mass is 223 g/mol. The third-order valence-corrected chi connectivity index (χ3v) is 2.47. The fourth-order valence-electron chi connectivity index (χ4n) is 1.55. The first-order chi connectivity index (χ1) is 7.50. The van der Waals surface area contributed by atoms with Crippen LogP contribution < -0.4 is 5.32 Å². The largest absolute Gasteiger partial charge is 0.356 e. The molecule has 1 amide bonds. The molecule has 0 aliphatic rings. The van der Waals surface area contributed by atoms with Crippen LogP contribution in [0.2, 0.25) is 0 Å². The summed E-state index contributed by atoms with van der Waals surface area (Å²) in [4.78, 5) is 11.3. The molecule has 1 aromatic rings. The highest BCUT2D eigenvalue weighted by Crippen LogP contribution is 2.02. The molecule has 0 saturated heterocycles. The third-order valence-electron chi connectivity index (χ3n) is 2.47. The highest BCUT2D eigenvalue weighted by Gasteiger charge is 2.05. The van der Waals surface area contributed by atoms with E-state index in [4.69, 9.17) is 0 Å². The summed E-state index contributed by atoms with van der Waals surface area (Å²) in [6.45, 7) is 9.41. The van der Waals surface area contributed by atoms with Crippen LogP contribution >= 0.6 is 0 Å². The molecule has 0 bridgehead atoms. The van der Waals surface area contributed by atoms with Crippen molar-refractivity contribution in [3.63, 3.8) is 0 Å². The average Bonchev–Trinajstić information content (AvgIpc) is 2.51. The number of nitrogens with zero attached hydrogens (tertiary/aromatic N) is 2. The van der Waals surface area contributed by atoms with Crippen molar-refractivity contribution in [1.29, 1.82) is 0 Å². The number of aromatic nitrogens is 2. The van der Waals surface area contributed by atoms with Gasteiger partial charge in [-0.05, 0) is 26.3 Å². The van der Waals surface area contributed by atoms with Crippen molar-refractivity contribution in [2.75, 3.05) is 6.54 Å². The molecule has 0 fully saturated rings. The molecule has 0 aliphatic heterocycles. The van der Waals surface area contributed by atoms with E-state index in [-0.39, 0.29) is 11.8 Å². The zero-order valence-corrected chi connectivity index (χ0v) is 10.6. The smallest absolute Gasteiger partial charge is 0.222 e. The lowest BCUT2D eigenvalue weighted by atomic mass is 10.2. The Hall–Kier alpha value is -1.32. The molecule has 1 aromatic heterocycles. The molecule has 0 aliphatic carbocycles. The van der Waals surface area contributed by atoms with Gasteiger partial charge in [0.15, 0.2) is 0 Å². The minimum Gasteiger partial charge on any atom is -0.356 e. The van der Waals surface area contributed by atoms with Gasteiger partial charge in [-0.25, -0.2) is 0 Å². The Bertz CT molecular complexity index is 355. The van der Waals surface area contributed by atoms with Gasteiger partial charge < -0.3 is 5.32 Å². The maximum atomic E-state index is 11.3. The van der Waals surface area contributed by atoms with Gasteiger partial charge in [0.05, 0.1) is 5.69 Å². The lowest BCUT2D eigenvalue weighted by molar-refractivity contribution is -0.123. The van der Waals surface area contributed by atoms with Crippen LogP contribution in [0.3, 0.4) is 0 Å². The van der Waals surface area contributed by atoms with E-state index in [9.17, 15) is 4.79 Å². The van der Waals surface area contributed by atoms with Crippen LogP contribution in [-0.2, 0) is 11.3 Å². The van der Waals surface area contributed by atoms with Crippen molar-refractivity contribution < 1.29 is 4.79 Å². The number of hydrogen-bond acceptors (Lipinski definition) is 2. The van der Waals surface area contributed by atoms with E-state index in [1.807, 2.05) is 32.4 Å². The van der Waals surface area contributed by atoms with Gasteiger partial charge in [0.2, 0.25) is 5.91 Å². The zero-order valence-electron chi connectivity index (χ0n) is 10.6. The Kier molecular flexibility index (Phi) is 4.52. The third kappa shape index (κ3) is 3.68. The van der Waals surface area contributed by atoms with E-state index in [0.717, 1.165) is 25.2 Å². The number of rotatable bonds is 5. The topological polar surface area (TPSA) is 46.9 Å². The highest BCUT2D eigenvalue weighted by molar-refractivity contribution is 5.77. The van der Waals surface area contributed by atoms with Crippen LogP contribution in [0.4, 0.5) is 0 Å². The van der Waals surface area contributed by atoms with Crippen molar-refractivity contribution in [3.8, 4) is 0 Å². The number of hydrogen-bond donors (Lipinski definition) is 1. The molecule has 0 saturated carbocycles. The number of carbonyl (C=O) groups is 1. The van der Waals surface area contributed by atoms with E-state index in [1.165, 1.54) is 5.69 Å². The van der Waals surface area contributed by atoms with Crippen LogP contribution in [-0.4, -0.2) is 22.2 Å². The SMILES string of the molecule is Cc1cc(C)n(CCCNC(=O)C(C)C)n1. The van der Waals surface area contributed by atoms with E-state index in [1.54, 1.807) is 0 Å². The van der Waals surface area contributed by atoms with Gasteiger partial charge in [0.25, 0.3) is 0 Å². The van der Waals surface area contributed by atoms with E-state index >= 15 is 0 Å². The molecule has 4 heteroatoms. The molecule has 0 aromatic carbocycles. The van der Waals surface area contributed by atoms with Gasteiger partial charge in [0, 0.05) is 24.7 Å². The quantitative estimate of drug-likeness (QED) is 0.772. The van der Waals surface area contributed by atoms with Crippen LogP contribution in [0.15, 0.2) is 6.07 Å². The number of carbonyl (C=O) groups excluding carboxylic acids is 1. The van der Waals surface area contributed by atoms with E-state index in [2.05, 4.69) is 16.5 Å². The summed E-state index contributed by atoms with van der Waals surface area (Å²) >= 11 is 0. The molecule has 0 radical (unpaired) electrons. The van der Waals surface area contributed by atoms with Crippen molar-refractivity contribution in [2.24, 2.45) is 5.92 Å². The molecule has 90 valence electrons. The standard InChI is InChI=1S/C12H21N3O/c1-9(2)12(16)13-6-5-7-15-11(4)8-10(3)14-15/h8-9H,5-7H2,1-4H3,(H,13,16). The number of aryl methyl sites for hydroxylation is 3. The second kappa shape index (κ2) is 5.68. The average molecular weight is 223 g/mol. The molecule has 0 spiro atoms. The summed E-state index contributed by atoms with van der Waals surface area (Å²) in [6.07, 6.45) is 0.917. The van der Waals surface area contributed by atoms with Crippen LogP contribution in [0, 0.1) is 19.8 Å². The van der Waals surface area contributed by atoms with Crippen LogP contribution in [0.25, 0.3) is 0 Å². The molecule has 4 nitrogen and oxygen atoms in total. The van der Waals surface area contributed by atoms with Gasteiger partial charge in [-0.1, -0.05) is 13.8 Å². The minimum absolute atomic E-state index is 0.0636. The molecule has 0 unspecified atom stereocenters. The number of nitrogens with one attached hydrogen (secondary N) is 1. The van der Waals surface area contributed by atoms with Gasteiger partial charge in [-0.3, -0.25) is 9.48 Å². The fraction of sp³-hybridized carbons (Fsp3) is 0.667. The maximum absolute atomic E-state index is 11.3. The highest BCUT2D eigenvalue weighted by atomic mass is 16.1. The first-order valence-corrected chi connectivity index (χ1v) is 5.79. The molecule has 16 heavy (non-hydrogen) atoms. The summed E-state index contributed by atoms with van der Waals surface area (Å²) < 4.78 is 1.98. The minimum atomic E-state index is 0.0636. The second-order valence-electron chi connectivity index (χ2n) is 4.45. The summed E-state index contributed by atoms with van der Waals surface area (Å²) in [5.74, 6) is 0.182. The van der Waals surface area contributed by atoms with E-state index < -0.39 is 0 Å². The Labute approximate surface area is 97.0 Å². The molecule has 0 atom stereocenters. The molecular formula is C12H21N3O. The van der Waals surface area contributed by atoms with Crippen molar-refractivity contribution >= 4 is 5.91 Å². The molecular weight excluding hydrogens is 202 g/mol. The van der Waals surface area contributed by atoms with Gasteiger partial charge >= 0.3 is 0 Å². The van der Waals surface area contributed by atoms with Crippen molar-refractivity contribution in [2.45, 2.75) is 40.7 Å². The van der Waals surface area contributed by atoms with Crippen LogP contribution in [0.1, 0.15) is 31.7 Å².